The van der Waals surface area contributed by atoms with Gasteiger partial charge in [-0.15, -0.1) is 0 Å². The van der Waals surface area contributed by atoms with E-state index in [4.69, 9.17) is 11.6 Å². The van der Waals surface area contributed by atoms with Crippen LogP contribution >= 0.6 is 11.6 Å². The number of nitrogens with zero attached hydrogens (tertiary/aromatic N) is 2. The van der Waals surface area contributed by atoms with Crippen LogP contribution in [0.2, 0.25) is 5.02 Å². The van der Waals surface area contributed by atoms with Crippen LogP contribution in [-0.4, -0.2) is 18.1 Å². The Hall–Kier alpha value is -1.58. The summed E-state index contributed by atoms with van der Waals surface area (Å²) in [6.45, 7) is 2.91. The van der Waals surface area contributed by atoms with Crippen molar-refractivity contribution in [2.75, 3.05) is 11.9 Å². The van der Waals surface area contributed by atoms with Crippen molar-refractivity contribution in [3.05, 3.63) is 52.7 Å². The largest absolute Gasteiger partial charge is 0.329 e. The summed E-state index contributed by atoms with van der Waals surface area (Å²) in [6.07, 6.45) is 4.30. The number of nitrogens with one attached hydrogen (secondary N) is 1. The highest BCUT2D eigenvalue weighted by Gasteiger charge is 2.20. The van der Waals surface area contributed by atoms with Gasteiger partial charge in [-0.1, -0.05) is 29.8 Å². The molecule has 0 unspecified atom stereocenters. The lowest BCUT2D eigenvalue weighted by Crippen LogP contribution is -2.17. The lowest BCUT2D eigenvalue weighted by atomic mass is 10.2. The van der Waals surface area contributed by atoms with E-state index in [1.165, 1.54) is 18.4 Å². The minimum Gasteiger partial charge on any atom is -0.329 e. The quantitative estimate of drug-likeness (QED) is 0.902. The van der Waals surface area contributed by atoms with Crippen LogP contribution in [0.3, 0.4) is 0 Å². The molecule has 1 heterocycles. The molecule has 0 aliphatic heterocycles. The summed E-state index contributed by atoms with van der Waals surface area (Å²) in [5.41, 5.74) is 3.50. The molecule has 1 aromatic carbocycles. The molecule has 2 aromatic rings. The number of para-hydroxylation sites is 1. The molecule has 3 nitrogen and oxygen atoms in total. The molecule has 1 fully saturated rings. The number of hydrogen-bond acceptors (Lipinski definition) is 3. The molecular formula is C17H20ClN3. The summed E-state index contributed by atoms with van der Waals surface area (Å²) in [6, 6.07) is 11.1. The number of anilines is 2. The third-order valence-corrected chi connectivity index (χ3v) is 4.24. The summed E-state index contributed by atoms with van der Waals surface area (Å²) >= 11 is 6.26. The molecule has 1 aliphatic rings. The molecular weight excluding hydrogens is 282 g/mol. The number of aromatic nitrogens is 1. The Kier molecular flexibility index (Phi) is 4.13. The first kappa shape index (κ1) is 14.4. The molecule has 1 aliphatic carbocycles. The van der Waals surface area contributed by atoms with Crippen LogP contribution in [0.4, 0.5) is 11.5 Å². The summed E-state index contributed by atoms with van der Waals surface area (Å²) in [5.74, 6) is 0.918. The second-order valence-corrected chi connectivity index (χ2v) is 6.04. The van der Waals surface area contributed by atoms with Crippen LogP contribution in [0.1, 0.15) is 24.0 Å². The van der Waals surface area contributed by atoms with Crippen molar-refractivity contribution in [3.8, 4) is 0 Å². The van der Waals surface area contributed by atoms with Crippen molar-refractivity contribution in [1.29, 1.82) is 0 Å². The van der Waals surface area contributed by atoms with Crippen molar-refractivity contribution in [2.24, 2.45) is 0 Å². The summed E-state index contributed by atoms with van der Waals surface area (Å²) in [4.78, 5) is 6.57. The van der Waals surface area contributed by atoms with Gasteiger partial charge in [0.2, 0.25) is 0 Å². The van der Waals surface area contributed by atoms with E-state index in [0.29, 0.717) is 6.04 Å². The van der Waals surface area contributed by atoms with Crippen LogP contribution in [0.15, 0.2) is 36.5 Å². The molecule has 0 radical (unpaired) electrons. The Morgan fingerprint density at radius 1 is 1.33 bits per heavy atom. The molecule has 3 rings (SSSR count). The number of pyridine rings is 1. The maximum atomic E-state index is 6.26. The number of benzene rings is 1. The van der Waals surface area contributed by atoms with E-state index in [1.54, 1.807) is 6.20 Å². The van der Waals surface area contributed by atoms with Gasteiger partial charge in [0.1, 0.15) is 5.82 Å². The summed E-state index contributed by atoms with van der Waals surface area (Å²) in [7, 11) is 2.04. The maximum Gasteiger partial charge on any atom is 0.133 e. The molecule has 0 atom stereocenters. The van der Waals surface area contributed by atoms with Gasteiger partial charge in [0.05, 0.1) is 5.02 Å². The zero-order valence-electron chi connectivity index (χ0n) is 12.4. The Balaban J connectivity index is 1.84. The third-order valence-electron chi connectivity index (χ3n) is 3.90. The van der Waals surface area contributed by atoms with Crippen molar-refractivity contribution < 1.29 is 0 Å². The van der Waals surface area contributed by atoms with Crippen molar-refractivity contribution in [2.45, 2.75) is 32.4 Å². The minimum atomic E-state index is 0.673. The number of hydrogen-bond donors (Lipinski definition) is 1. The van der Waals surface area contributed by atoms with Gasteiger partial charge in [-0.25, -0.2) is 4.98 Å². The highest BCUT2D eigenvalue weighted by molar-refractivity contribution is 6.31. The van der Waals surface area contributed by atoms with Crippen LogP contribution in [0.25, 0.3) is 0 Å². The first-order chi connectivity index (χ1) is 10.1. The fourth-order valence-corrected chi connectivity index (χ4v) is 2.56. The number of rotatable bonds is 5. The highest BCUT2D eigenvalue weighted by Crippen LogP contribution is 2.28. The first-order valence-electron chi connectivity index (χ1n) is 7.32. The fraction of sp³-hybridized carbons (Fsp3) is 0.353. The monoisotopic (exact) mass is 301 g/mol. The zero-order valence-corrected chi connectivity index (χ0v) is 13.2. The van der Waals surface area contributed by atoms with E-state index < -0.39 is 0 Å². The van der Waals surface area contributed by atoms with E-state index in [9.17, 15) is 0 Å². The van der Waals surface area contributed by atoms with Gasteiger partial charge in [-0.05, 0) is 43.0 Å². The molecule has 0 bridgehead atoms. The number of aryl methyl sites for hydroxylation is 1. The molecule has 1 aromatic heterocycles. The average Bonchev–Trinajstić information content (AvgIpc) is 3.30. The molecule has 0 spiro atoms. The molecule has 0 amide bonds. The number of halogens is 1. The predicted octanol–water partition coefficient (Wildman–Crippen LogP) is 4.06. The van der Waals surface area contributed by atoms with Crippen molar-refractivity contribution in [3.63, 3.8) is 0 Å². The second-order valence-electron chi connectivity index (χ2n) is 5.63. The van der Waals surface area contributed by atoms with E-state index in [1.807, 2.05) is 19.2 Å². The first-order valence-corrected chi connectivity index (χ1v) is 7.70. The normalized spacial score (nSPS) is 14.2. The SMILES string of the molecule is Cc1ccccc1N(C)c1cc(CNC2CC2)c(Cl)cn1. The molecule has 1 N–H and O–H groups in total. The molecule has 21 heavy (non-hydrogen) atoms. The lowest BCUT2D eigenvalue weighted by Gasteiger charge is -2.21. The Labute approximate surface area is 131 Å². The topological polar surface area (TPSA) is 28.2 Å². The Morgan fingerprint density at radius 3 is 2.81 bits per heavy atom. The summed E-state index contributed by atoms with van der Waals surface area (Å²) in [5, 5.41) is 4.23. The van der Waals surface area contributed by atoms with Crippen LogP contribution < -0.4 is 10.2 Å². The van der Waals surface area contributed by atoms with Crippen LogP contribution in [-0.2, 0) is 6.54 Å². The van der Waals surface area contributed by atoms with Gasteiger partial charge >= 0.3 is 0 Å². The zero-order chi connectivity index (χ0) is 14.8. The van der Waals surface area contributed by atoms with Gasteiger partial charge in [0.15, 0.2) is 0 Å². The van der Waals surface area contributed by atoms with Gasteiger partial charge in [-0.2, -0.15) is 0 Å². The van der Waals surface area contributed by atoms with Gasteiger partial charge < -0.3 is 10.2 Å². The van der Waals surface area contributed by atoms with Gasteiger partial charge in [-0.3, -0.25) is 0 Å². The lowest BCUT2D eigenvalue weighted by molar-refractivity contribution is 0.687. The highest BCUT2D eigenvalue weighted by atomic mass is 35.5. The maximum absolute atomic E-state index is 6.26. The smallest absolute Gasteiger partial charge is 0.133 e. The predicted molar refractivity (Wildman–Crippen MR) is 88.4 cm³/mol. The minimum absolute atomic E-state index is 0.673. The molecule has 1 saturated carbocycles. The van der Waals surface area contributed by atoms with E-state index in [2.05, 4.69) is 40.3 Å². The molecule has 110 valence electrons. The third kappa shape index (κ3) is 3.36. The van der Waals surface area contributed by atoms with Crippen molar-refractivity contribution >= 4 is 23.1 Å². The Bertz CT molecular complexity index is 638. The molecule has 4 heteroatoms. The van der Waals surface area contributed by atoms with Crippen LogP contribution in [0.5, 0.6) is 0 Å². The van der Waals surface area contributed by atoms with Crippen LogP contribution in [0, 0.1) is 6.92 Å². The van der Waals surface area contributed by atoms with Crippen molar-refractivity contribution in [1.82, 2.24) is 10.3 Å². The standard InChI is InChI=1S/C17H20ClN3/c1-12-5-3-4-6-16(12)21(2)17-9-13(15(18)11-20-17)10-19-14-7-8-14/h3-6,9,11,14,19H,7-8,10H2,1-2H3. The summed E-state index contributed by atoms with van der Waals surface area (Å²) < 4.78 is 0. The second kappa shape index (κ2) is 6.04. The fourth-order valence-electron chi connectivity index (χ4n) is 2.39. The van der Waals surface area contributed by atoms with E-state index in [0.717, 1.165) is 28.6 Å². The van der Waals surface area contributed by atoms with Gasteiger partial charge in [0.25, 0.3) is 0 Å². The van der Waals surface area contributed by atoms with E-state index in [-0.39, 0.29) is 0 Å². The van der Waals surface area contributed by atoms with Gasteiger partial charge in [0, 0.05) is 31.5 Å². The Morgan fingerprint density at radius 2 is 2.10 bits per heavy atom. The van der Waals surface area contributed by atoms with E-state index >= 15 is 0 Å². The average molecular weight is 302 g/mol. The molecule has 0 saturated heterocycles.